The van der Waals surface area contributed by atoms with Gasteiger partial charge in [-0.05, 0) is 36.4 Å². The average Bonchev–Trinajstić information content (AvgIpc) is 2.77. The van der Waals surface area contributed by atoms with Crippen LogP contribution in [0.3, 0.4) is 0 Å². The molecule has 1 heterocycles. The largest absolute Gasteiger partial charge is 0.492 e. The van der Waals surface area contributed by atoms with E-state index >= 15 is 0 Å². The first-order valence-electron chi connectivity index (χ1n) is 8.39. The quantitative estimate of drug-likeness (QED) is 0.610. The molecule has 2 aromatic rings. The highest BCUT2D eigenvalue weighted by Crippen LogP contribution is 2.19. The summed E-state index contributed by atoms with van der Waals surface area (Å²) in [6.45, 7) is 0.583. The highest BCUT2D eigenvalue weighted by molar-refractivity contribution is 9.10. The maximum atomic E-state index is 12.3. The van der Waals surface area contributed by atoms with Crippen molar-refractivity contribution in [2.45, 2.75) is 12.5 Å². The van der Waals surface area contributed by atoms with Crippen molar-refractivity contribution in [3.05, 3.63) is 58.6 Å². The lowest BCUT2D eigenvalue weighted by molar-refractivity contribution is -0.125. The fraction of sp³-hybridized carbons (Fsp3) is 0.211. The van der Waals surface area contributed by atoms with Gasteiger partial charge in [0.25, 0.3) is 5.91 Å². The molecule has 7 nitrogen and oxygen atoms in total. The van der Waals surface area contributed by atoms with Crippen LogP contribution in [-0.4, -0.2) is 36.9 Å². The van der Waals surface area contributed by atoms with E-state index in [1.54, 1.807) is 24.3 Å². The van der Waals surface area contributed by atoms with Gasteiger partial charge in [-0.3, -0.25) is 14.4 Å². The minimum Gasteiger partial charge on any atom is -0.492 e. The molecular weight excluding hydrogens is 414 g/mol. The number of fused-ring (bicyclic) bond motifs is 1. The summed E-state index contributed by atoms with van der Waals surface area (Å²) in [6, 6.07) is 13.1. The topological polar surface area (TPSA) is 96.5 Å². The lowest BCUT2D eigenvalue weighted by atomic mass is 10.1. The van der Waals surface area contributed by atoms with Crippen LogP contribution in [0, 0.1) is 0 Å². The number of benzene rings is 2. The Morgan fingerprint density at radius 2 is 1.85 bits per heavy atom. The number of hydrogen-bond acceptors (Lipinski definition) is 4. The fourth-order valence-electron chi connectivity index (χ4n) is 2.60. The Morgan fingerprint density at radius 3 is 2.63 bits per heavy atom. The Balaban J connectivity index is 1.47. The highest BCUT2D eigenvalue weighted by Gasteiger charge is 2.29. The summed E-state index contributed by atoms with van der Waals surface area (Å²) in [5.74, 6) is -0.462. The second-order valence-electron chi connectivity index (χ2n) is 5.92. The number of carbonyl (C=O) groups excluding carboxylic acids is 3. The third kappa shape index (κ3) is 5.07. The van der Waals surface area contributed by atoms with Gasteiger partial charge in [-0.2, -0.15) is 0 Å². The smallest absolute Gasteiger partial charge is 0.254 e. The van der Waals surface area contributed by atoms with Crippen LogP contribution in [-0.2, 0) is 9.59 Å². The molecular formula is C19H18BrN3O4. The third-order valence-electron chi connectivity index (χ3n) is 3.95. The Labute approximate surface area is 164 Å². The average molecular weight is 432 g/mol. The SMILES string of the molecule is O=C(C[C@@H]1NC(=O)c2ccccc2NC1=O)NCCOc1ccc(Br)cc1. The van der Waals surface area contributed by atoms with Crippen LogP contribution in [0.5, 0.6) is 5.75 Å². The van der Waals surface area contributed by atoms with Gasteiger partial charge in [0.2, 0.25) is 11.8 Å². The summed E-state index contributed by atoms with van der Waals surface area (Å²) in [4.78, 5) is 36.6. The Morgan fingerprint density at radius 1 is 1.11 bits per heavy atom. The van der Waals surface area contributed by atoms with Gasteiger partial charge in [0, 0.05) is 4.47 Å². The van der Waals surface area contributed by atoms with Gasteiger partial charge in [0.15, 0.2) is 0 Å². The van der Waals surface area contributed by atoms with Crippen LogP contribution >= 0.6 is 15.9 Å². The fourth-order valence-corrected chi connectivity index (χ4v) is 2.87. The molecule has 1 aliphatic heterocycles. The maximum absolute atomic E-state index is 12.3. The molecule has 0 saturated carbocycles. The van der Waals surface area contributed by atoms with Crippen LogP contribution in [0.15, 0.2) is 53.0 Å². The second-order valence-corrected chi connectivity index (χ2v) is 6.83. The zero-order chi connectivity index (χ0) is 19.2. The van der Waals surface area contributed by atoms with Crippen LogP contribution < -0.4 is 20.7 Å². The molecule has 0 fully saturated rings. The van der Waals surface area contributed by atoms with E-state index in [-0.39, 0.29) is 24.8 Å². The summed E-state index contributed by atoms with van der Waals surface area (Å²) < 4.78 is 6.47. The number of carbonyl (C=O) groups is 3. The molecule has 0 spiro atoms. The number of para-hydroxylation sites is 1. The zero-order valence-electron chi connectivity index (χ0n) is 14.3. The minimum absolute atomic E-state index is 0.149. The van der Waals surface area contributed by atoms with E-state index in [1.165, 1.54) is 0 Å². The predicted molar refractivity (Wildman–Crippen MR) is 104 cm³/mol. The zero-order valence-corrected chi connectivity index (χ0v) is 15.9. The first-order chi connectivity index (χ1) is 13.0. The molecule has 3 N–H and O–H groups in total. The van der Waals surface area contributed by atoms with E-state index < -0.39 is 11.9 Å². The first kappa shape index (κ1) is 18.9. The van der Waals surface area contributed by atoms with Crippen molar-refractivity contribution in [2.75, 3.05) is 18.5 Å². The summed E-state index contributed by atoms with van der Waals surface area (Å²) in [7, 11) is 0. The van der Waals surface area contributed by atoms with Crippen LogP contribution in [0.2, 0.25) is 0 Å². The van der Waals surface area contributed by atoms with Gasteiger partial charge >= 0.3 is 0 Å². The Hall–Kier alpha value is -2.87. The molecule has 0 bridgehead atoms. The van der Waals surface area contributed by atoms with Crippen molar-refractivity contribution in [3.8, 4) is 5.75 Å². The number of amides is 3. The number of ether oxygens (including phenoxy) is 1. The number of nitrogens with one attached hydrogen (secondary N) is 3. The second kappa shape index (κ2) is 8.68. The molecule has 3 rings (SSSR count). The van der Waals surface area contributed by atoms with Crippen molar-refractivity contribution < 1.29 is 19.1 Å². The molecule has 0 aromatic heterocycles. The summed E-state index contributed by atoms with van der Waals surface area (Å²) in [6.07, 6.45) is -0.149. The molecule has 0 radical (unpaired) electrons. The van der Waals surface area contributed by atoms with E-state index in [2.05, 4.69) is 31.9 Å². The van der Waals surface area contributed by atoms with E-state index in [1.807, 2.05) is 24.3 Å². The molecule has 0 aliphatic carbocycles. The van der Waals surface area contributed by atoms with Gasteiger partial charge in [0.1, 0.15) is 18.4 Å². The van der Waals surface area contributed by atoms with Gasteiger partial charge in [0.05, 0.1) is 24.2 Å². The van der Waals surface area contributed by atoms with E-state index in [9.17, 15) is 14.4 Å². The van der Waals surface area contributed by atoms with E-state index in [0.29, 0.717) is 23.6 Å². The third-order valence-corrected chi connectivity index (χ3v) is 4.48. The van der Waals surface area contributed by atoms with Gasteiger partial charge in [-0.15, -0.1) is 0 Å². The molecule has 1 atom stereocenters. The first-order valence-corrected chi connectivity index (χ1v) is 9.18. The predicted octanol–water partition coefficient (Wildman–Crippen LogP) is 2.08. The Kier molecular flexibility index (Phi) is 6.08. The number of rotatable bonds is 6. The summed E-state index contributed by atoms with van der Waals surface area (Å²) in [5, 5.41) is 7.94. The molecule has 1 aliphatic rings. The molecule has 2 aromatic carbocycles. The van der Waals surface area contributed by atoms with Crippen molar-refractivity contribution in [2.24, 2.45) is 0 Å². The summed E-state index contributed by atoms with van der Waals surface area (Å²) in [5.41, 5.74) is 0.808. The molecule has 0 unspecified atom stereocenters. The molecule has 8 heteroatoms. The van der Waals surface area contributed by atoms with Gasteiger partial charge in [-0.1, -0.05) is 28.1 Å². The lowest BCUT2D eigenvalue weighted by Crippen LogP contribution is -2.45. The van der Waals surface area contributed by atoms with E-state index in [0.717, 1.165) is 4.47 Å². The molecule has 140 valence electrons. The lowest BCUT2D eigenvalue weighted by Gasteiger charge is -2.14. The van der Waals surface area contributed by atoms with E-state index in [4.69, 9.17) is 4.74 Å². The van der Waals surface area contributed by atoms with Gasteiger partial charge in [-0.25, -0.2) is 0 Å². The molecule has 0 saturated heterocycles. The standard InChI is InChI=1S/C19H18BrN3O4/c20-12-5-7-13(8-6-12)27-10-9-21-17(24)11-16-19(26)22-15-4-2-1-3-14(15)18(25)23-16/h1-8,16H,9-11H2,(H,21,24)(H,22,26)(H,23,25)/t16-/m0/s1. The minimum atomic E-state index is -0.933. The Bertz CT molecular complexity index is 854. The monoisotopic (exact) mass is 431 g/mol. The van der Waals surface area contributed by atoms with Crippen molar-refractivity contribution >= 4 is 39.3 Å². The van der Waals surface area contributed by atoms with Crippen molar-refractivity contribution in [1.82, 2.24) is 10.6 Å². The van der Waals surface area contributed by atoms with Gasteiger partial charge < -0.3 is 20.7 Å². The number of halogens is 1. The normalized spacial score (nSPS) is 15.8. The van der Waals surface area contributed by atoms with Crippen LogP contribution in [0.4, 0.5) is 5.69 Å². The van der Waals surface area contributed by atoms with Crippen LogP contribution in [0.1, 0.15) is 16.8 Å². The van der Waals surface area contributed by atoms with Crippen LogP contribution in [0.25, 0.3) is 0 Å². The summed E-state index contributed by atoms with van der Waals surface area (Å²) >= 11 is 3.34. The molecule has 27 heavy (non-hydrogen) atoms. The van der Waals surface area contributed by atoms with Crippen molar-refractivity contribution in [3.63, 3.8) is 0 Å². The highest BCUT2D eigenvalue weighted by atomic mass is 79.9. The number of hydrogen-bond donors (Lipinski definition) is 3. The molecule has 3 amide bonds. The van der Waals surface area contributed by atoms with Crippen molar-refractivity contribution in [1.29, 1.82) is 0 Å². The maximum Gasteiger partial charge on any atom is 0.254 e. The number of anilines is 1.